The molecule has 10 heteroatoms. The largest absolute Gasteiger partial charge is 0.425 e. The van der Waals surface area contributed by atoms with E-state index in [1.807, 2.05) is 30.6 Å². The van der Waals surface area contributed by atoms with Crippen molar-refractivity contribution in [3.63, 3.8) is 0 Å². The summed E-state index contributed by atoms with van der Waals surface area (Å²) in [5.74, 6) is 0. The van der Waals surface area contributed by atoms with E-state index < -0.39 is 22.8 Å². The first-order valence-electron chi connectivity index (χ1n) is 9.08. The fourth-order valence-electron chi connectivity index (χ4n) is 3.58. The Labute approximate surface area is 165 Å². The zero-order valence-corrected chi connectivity index (χ0v) is 16.6. The van der Waals surface area contributed by atoms with Crippen molar-refractivity contribution < 1.29 is 28.4 Å². The molecule has 0 bridgehead atoms. The van der Waals surface area contributed by atoms with E-state index in [9.17, 15) is 18.3 Å². The van der Waals surface area contributed by atoms with Crippen LogP contribution < -0.4 is 16.5 Å². The number of fused-ring (bicyclic) bond motifs is 2. The van der Waals surface area contributed by atoms with Crippen LogP contribution in [0.1, 0.15) is 34.3 Å². The summed E-state index contributed by atoms with van der Waals surface area (Å²) in [4.78, 5) is -0.208. The van der Waals surface area contributed by atoms with Crippen LogP contribution in [0.3, 0.4) is 0 Å². The van der Waals surface area contributed by atoms with Gasteiger partial charge >= 0.3 is 6.18 Å². The van der Waals surface area contributed by atoms with Crippen LogP contribution in [-0.4, -0.2) is 43.4 Å². The van der Waals surface area contributed by atoms with Crippen molar-refractivity contribution in [3.8, 4) is 0 Å². The second-order valence-electron chi connectivity index (χ2n) is 7.14. The number of aliphatic hydroxyl groups excluding tert-OH is 1. The second-order valence-corrected chi connectivity index (χ2v) is 8.19. The molecule has 0 radical (unpaired) electrons. The molecule has 1 aromatic heterocycles. The Hall–Kier alpha value is -1.59. The van der Waals surface area contributed by atoms with Crippen LogP contribution in [-0.2, 0) is 16.5 Å². The van der Waals surface area contributed by atoms with E-state index in [1.165, 1.54) is 0 Å². The van der Waals surface area contributed by atoms with Gasteiger partial charge in [-0.3, -0.25) is 0 Å². The Bertz CT molecular complexity index is 765. The number of hydrogen-bond donors (Lipinski definition) is 4. The van der Waals surface area contributed by atoms with Gasteiger partial charge in [0, 0.05) is 22.9 Å². The maximum atomic E-state index is 13.2. The summed E-state index contributed by atoms with van der Waals surface area (Å²) in [6.45, 7) is 0.590. The Morgan fingerprint density at radius 2 is 2.29 bits per heavy atom. The molecule has 3 atom stereocenters. The Morgan fingerprint density at radius 3 is 2.96 bits per heavy atom. The molecule has 0 aliphatic carbocycles. The Balaban J connectivity index is 1.84. The lowest BCUT2D eigenvalue weighted by atomic mass is 9.82. The molecule has 1 aromatic rings. The highest BCUT2D eigenvalue weighted by Gasteiger charge is 2.47. The van der Waals surface area contributed by atoms with Crippen molar-refractivity contribution >= 4 is 11.3 Å². The van der Waals surface area contributed by atoms with Gasteiger partial charge in [-0.15, -0.1) is 11.3 Å². The summed E-state index contributed by atoms with van der Waals surface area (Å²) >= 11 is 0.680. The molecule has 2 aliphatic rings. The Morgan fingerprint density at radius 1 is 1.54 bits per heavy atom. The van der Waals surface area contributed by atoms with E-state index in [2.05, 4.69) is 5.32 Å². The molecule has 28 heavy (non-hydrogen) atoms. The highest BCUT2D eigenvalue weighted by Crippen LogP contribution is 2.50. The number of aliphatic hydroxyl groups is 1. The molecule has 156 valence electrons. The standard InChI is InChI=1S/C18H25F3N4O2S/c1-23-25(2)9-11(22)3-4-12-8-17(5-6-24-12)16-13(14(26)10-27-17)7-15(28-16)18(19,20)21/h3-4,7,9,12,14,23-24,26H,5-6,8,10,22H2,1-2H3/p+1/b4-3+,11-9-/t12?,14-,17?/m1/s1. The summed E-state index contributed by atoms with van der Waals surface area (Å²) in [7, 11) is 3.76. The van der Waals surface area contributed by atoms with Gasteiger partial charge in [0.25, 0.3) is 0 Å². The third kappa shape index (κ3) is 4.36. The molecule has 1 fully saturated rings. The summed E-state index contributed by atoms with van der Waals surface area (Å²) in [5, 5.41) is 15.3. The van der Waals surface area contributed by atoms with Crippen molar-refractivity contribution in [2.45, 2.75) is 36.8 Å². The van der Waals surface area contributed by atoms with Crippen LogP contribution in [0.2, 0.25) is 0 Å². The number of quaternary nitrogens is 1. The molecule has 1 spiro atoms. The lowest BCUT2D eigenvalue weighted by Gasteiger charge is -2.44. The first-order valence-corrected chi connectivity index (χ1v) is 9.90. The van der Waals surface area contributed by atoms with E-state index in [0.717, 1.165) is 6.07 Å². The molecule has 0 aromatic carbocycles. The average Bonchev–Trinajstić information content (AvgIpc) is 3.11. The number of nitrogens with zero attached hydrogens (tertiary/aromatic N) is 1. The average molecular weight is 419 g/mol. The van der Waals surface area contributed by atoms with E-state index in [4.69, 9.17) is 10.5 Å². The zero-order valence-electron chi connectivity index (χ0n) is 15.8. The van der Waals surface area contributed by atoms with Crippen LogP contribution in [0.5, 0.6) is 0 Å². The van der Waals surface area contributed by atoms with Crippen LogP contribution in [0, 0.1) is 0 Å². The number of allylic oxidation sites excluding steroid dienone is 1. The monoisotopic (exact) mass is 419 g/mol. The van der Waals surface area contributed by atoms with Crippen LogP contribution in [0.15, 0.2) is 30.1 Å². The van der Waals surface area contributed by atoms with Crippen LogP contribution >= 0.6 is 11.3 Å². The molecule has 6 nitrogen and oxygen atoms in total. The number of nitrogens with one attached hydrogen (secondary N) is 1. The van der Waals surface area contributed by atoms with Gasteiger partial charge in [0.2, 0.25) is 0 Å². The van der Waals surface area contributed by atoms with Crippen molar-refractivity contribution in [1.29, 1.82) is 0 Å². The fraction of sp³-hybridized carbons (Fsp3) is 0.556. The molecule has 3 heterocycles. The smallest absolute Gasteiger partial charge is 0.397 e. The third-order valence-electron chi connectivity index (χ3n) is 5.10. The molecule has 0 amide bonds. The summed E-state index contributed by atoms with van der Waals surface area (Å²) in [5.41, 5.74) is 7.93. The number of halogens is 3. The van der Waals surface area contributed by atoms with Gasteiger partial charge in [-0.1, -0.05) is 6.08 Å². The molecule has 2 aliphatic heterocycles. The maximum absolute atomic E-state index is 13.2. The summed E-state index contributed by atoms with van der Waals surface area (Å²) in [6.07, 6.45) is 1.02. The zero-order chi connectivity index (χ0) is 20.5. The highest BCUT2D eigenvalue weighted by atomic mass is 32.1. The molecule has 3 rings (SSSR count). The first kappa shape index (κ1) is 21.1. The number of thiophene rings is 1. The first-order chi connectivity index (χ1) is 13.1. The van der Waals surface area contributed by atoms with Gasteiger partial charge in [-0.2, -0.15) is 13.2 Å². The number of rotatable bonds is 4. The van der Waals surface area contributed by atoms with Crippen molar-refractivity contribution in [2.75, 3.05) is 27.2 Å². The van der Waals surface area contributed by atoms with Gasteiger partial charge in [0.1, 0.15) is 16.6 Å². The van der Waals surface area contributed by atoms with Gasteiger partial charge < -0.3 is 20.9 Å². The number of hydrogen-bond acceptors (Lipinski definition) is 6. The summed E-state index contributed by atoms with van der Waals surface area (Å²) < 4.78 is 45.6. The topological polar surface area (TPSA) is 87.4 Å². The highest BCUT2D eigenvalue weighted by molar-refractivity contribution is 7.12. The number of piperidine rings is 1. The van der Waals surface area contributed by atoms with E-state index >= 15 is 0 Å². The SMILES string of the molecule is C[NH2+]N(C)/C=C(N)/C=C/C1CC2(CCN1)OC[C@@H](O)c1cc(C(F)(F)F)sc12. The molecule has 0 saturated carbocycles. The summed E-state index contributed by atoms with van der Waals surface area (Å²) in [6, 6.07) is 0.968. The normalized spacial score (nSPS) is 28.7. The van der Waals surface area contributed by atoms with Crippen molar-refractivity contribution in [1.82, 2.24) is 10.3 Å². The lowest BCUT2D eigenvalue weighted by Crippen LogP contribution is -2.87. The molecule has 2 unspecified atom stereocenters. The van der Waals surface area contributed by atoms with Gasteiger partial charge in [0.15, 0.2) is 0 Å². The van der Waals surface area contributed by atoms with Crippen LogP contribution in [0.25, 0.3) is 0 Å². The predicted octanol–water partition coefficient (Wildman–Crippen LogP) is 1.17. The molecular formula is C18H26F3N4O2S+. The number of nitrogens with two attached hydrogens (primary N) is 2. The fourth-order valence-corrected chi connectivity index (χ4v) is 4.85. The second kappa shape index (κ2) is 8.03. The van der Waals surface area contributed by atoms with Crippen molar-refractivity contribution in [2.24, 2.45) is 5.73 Å². The van der Waals surface area contributed by atoms with Crippen molar-refractivity contribution in [3.05, 3.63) is 45.4 Å². The third-order valence-corrected chi connectivity index (χ3v) is 6.48. The van der Waals surface area contributed by atoms with Gasteiger partial charge in [0.05, 0.1) is 32.6 Å². The maximum Gasteiger partial charge on any atom is 0.425 e. The van der Waals surface area contributed by atoms with E-state index in [0.29, 0.717) is 46.9 Å². The molecular weight excluding hydrogens is 393 g/mol. The molecule has 1 saturated heterocycles. The van der Waals surface area contributed by atoms with E-state index in [1.54, 1.807) is 12.3 Å². The number of alkyl halides is 3. The number of ether oxygens (including phenoxy) is 1. The predicted molar refractivity (Wildman–Crippen MR) is 100.0 cm³/mol. The quantitative estimate of drug-likeness (QED) is 0.334. The van der Waals surface area contributed by atoms with E-state index in [-0.39, 0.29) is 12.6 Å². The lowest BCUT2D eigenvalue weighted by molar-refractivity contribution is -0.765. The Kier molecular flexibility index (Phi) is 6.06. The van der Waals surface area contributed by atoms with Gasteiger partial charge in [-0.25, -0.2) is 10.4 Å². The van der Waals surface area contributed by atoms with Gasteiger partial charge in [-0.05, 0) is 25.1 Å². The minimum absolute atomic E-state index is 0.00334. The molecule has 6 N–H and O–H groups in total. The van der Waals surface area contributed by atoms with Crippen LogP contribution in [0.4, 0.5) is 13.2 Å². The minimum atomic E-state index is -4.43. The minimum Gasteiger partial charge on any atom is -0.397 e.